The van der Waals surface area contributed by atoms with E-state index in [9.17, 15) is 18.0 Å². The molecule has 1 heterocycles. The normalized spacial score (nSPS) is 13.6. The molecule has 0 saturated carbocycles. The SMILES string of the molecule is Nc1ccc(C(=O)N2CCc3cc(Nc4ccc(C(F)(F)F)cc4)ccc3C2)cc1. The van der Waals surface area contributed by atoms with Gasteiger partial charge in [-0.1, -0.05) is 6.07 Å². The smallest absolute Gasteiger partial charge is 0.399 e. The van der Waals surface area contributed by atoms with Crippen LogP contribution in [-0.4, -0.2) is 17.4 Å². The number of nitrogens with two attached hydrogens (primary N) is 1. The standard InChI is InChI=1S/C23H20F3N3O/c24-23(25,26)18-4-9-20(10-5-18)28-21-8-3-17-14-29(12-11-16(17)13-21)22(30)15-1-6-19(27)7-2-15/h1-10,13,28H,11-12,14,27H2. The first kappa shape index (κ1) is 19.8. The van der Waals surface area contributed by atoms with Crippen molar-refractivity contribution in [2.75, 3.05) is 17.6 Å². The molecule has 1 aliphatic heterocycles. The van der Waals surface area contributed by atoms with Crippen molar-refractivity contribution in [2.45, 2.75) is 19.1 Å². The molecule has 0 atom stereocenters. The van der Waals surface area contributed by atoms with Crippen molar-refractivity contribution in [3.63, 3.8) is 0 Å². The Labute approximate surface area is 172 Å². The monoisotopic (exact) mass is 411 g/mol. The number of nitrogen functional groups attached to an aromatic ring is 1. The van der Waals surface area contributed by atoms with Crippen molar-refractivity contribution in [2.24, 2.45) is 0 Å². The number of amides is 1. The van der Waals surface area contributed by atoms with E-state index in [1.54, 1.807) is 29.2 Å². The number of anilines is 3. The number of alkyl halides is 3. The van der Waals surface area contributed by atoms with E-state index < -0.39 is 11.7 Å². The van der Waals surface area contributed by atoms with Gasteiger partial charge in [-0.2, -0.15) is 13.2 Å². The number of nitrogens with one attached hydrogen (secondary N) is 1. The minimum Gasteiger partial charge on any atom is -0.399 e. The van der Waals surface area contributed by atoms with Gasteiger partial charge in [-0.3, -0.25) is 4.79 Å². The highest BCUT2D eigenvalue weighted by atomic mass is 19.4. The second-order valence-corrected chi connectivity index (χ2v) is 7.28. The lowest BCUT2D eigenvalue weighted by Crippen LogP contribution is -2.35. The minimum atomic E-state index is -4.35. The summed E-state index contributed by atoms with van der Waals surface area (Å²) in [6, 6.07) is 17.6. The lowest BCUT2D eigenvalue weighted by atomic mass is 9.98. The van der Waals surface area contributed by atoms with Crippen LogP contribution in [0.1, 0.15) is 27.0 Å². The van der Waals surface area contributed by atoms with Crippen LogP contribution in [-0.2, 0) is 19.1 Å². The molecule has 0 fully saturated rings. The molecule has 3 aromatic carbocycles. The number of carbonyl (C=O) groups is 1. The fourth-order valence-electron chi connectivity index (χ4n) is 3.52. The fourth-order valence-corrected chi connectivity index (χ4v) is 3.52. The molecule has 7 heteroatoms. The van der Waals surface area contributed by atoms with Crippen molar-refractivity contribution < 1.29 is 18.0 Å². The third kappa shape index (κ3) is 4.25. The summed E-state index contributed by atoms with van der Waals surface area (Å²) in [4.78, 5) is 14.5. The molecule has 30 heavy (non-hydrogen) atoms. The van der Waals surface area contributed by atoms with E-state index in [4.69, 9.17) is 5.73 Å². The molecule has 0 bridgehead atoms. The highest BCUT2D eigenvalue weighted by molar-refractivity contribution is 5.94. The van der Waals surface area contributed by atoms with E-state index in [2.05, 4.69) is 5.32 Å². The van der Waals surface area contributed by atoms with E-state index in [1.165, 1.54) is 12.1 Å². The number of nitrogens with zero attached hydrogens (tertiary/aromatic N) is 1. The molecule has 0 saturated heterocycles. The molecule has 4 rings (SSSR count). The number of hydrogen-bond donors (Lipinski definition) is 2. The summed E-state index contributed by atoms with van der Waals surface area (Å²) in [5, 5.41) is 3.14. The molecule has 0 unspecified atom stereocenters. The zero-order chi connectivity index (χ0) is 21.3. The maximum Gasteiger partial charge on any atom is 0.416 e. The number of fused-ring (bicyclic) bond motifs is 1. The largest absolute Gasteiger partial charge is 0.416 e. The highest BCUT2D eigenvalue weighted by Crippen LogP contribution is 2.31. The summed E-state index contributed by atoms with van der Waals surface area (Å²) in [5.41, 5.74) is 9.78. The van der Waals surface area contributed by atoms with E-state index in [0.29, 0.717) is 36.4 Å². The second kappa shape index (κ2) is 7.74. The van der Waals surface area contributed by atoms with E-state index in [-0.39, 0.29) is 5.91 Å². The molecule has 4 nitrogen and oxygen atoms in total. The molecule has 0 aliphatic carbocycles. The summed E-state index contributed by atoms with van der Waals surface area (Å²) >= 11 is 0. The first-order valence-corrected chi connectivity index (χ1v) is 9.50. The second-order valence-electron chi connectivity index (χ2n) is 7.28. The maximum absolute atomic E-state index is 12.7. The Balaban J connectivity index is 1.45. The Morgan fingerprint density at radius 1 is 0.900 bits per heavy atom. The fraction of sp³-hybridized carbons (Fsp3) is 0.174. The lowest BCUT2D eigenvalue weighted by Gasteiger charge is -2.29. The Hall–Kier alpha value is -3.48. The summed E-state index contributed by atoms with van der Waals surface area (Å²) in [6.07, 6.45) is -3.64. The van der Waals surface area contributed by atoms with Crippen molar-refractivity contribution in [1.82, 2.24) is 4.90 Å². The van der Waals surface area contributed by atoms with Crippen molar-refractivity contribution in [1.29, 1.82) is 0 Å². The van der Waals surface area contributed by atoms with Crippen LogP contribution in [0.25, 0.3) is 0 Å². The van der Waals surface area contributed by atoms with E-state index in [1.807, 2.05) is 18.2 Å². The Morgan fingerprint density at radius 3 is 2.23 bits per heavy atom. The molecular formula is C23H20F3N3O. The molecule has 0 radical (unpaired) electrons. The van der Waals surface area contributed by atoms with Gasteiger partial charge < -0.3 is 16.0 Å². The van der Waals surface area contributed by atoms with Gasteiger partial charge >= 0.3 is 6.18 Å². The molecule has 154 valence electrons. The van der Waals surface area contributed by atoms with Crippen LogP contribution in [0, 0.1) is 0 Å². The minimum absolute atomic E-state index is 0.0346. The molecule has 3 N–H and O–H groups in total. The third-order valence-corrected chi connectivity index (χ3v) is 5.16. The van der Waals surface area contributed by atoms with Crippen molar-refractivity contribution in [3.05, 3.63) is 89.0 Å². The maximum atomic E-state index is 12.7. The van der Waals surface area contributed by atoms with Gasteiger partial charge in [0.25, 0.3) is 5.91 Å². The predicted molar refractivity (Wildman–Crippen MR) is 110 cm³/mol. The number of hydrogen-bond acceptors (Lipinski definition) is 3. The summed E-state index contributed by atoms with van der Waals surface area (Å²) < 4.78 is 38.1. The Kier molecular flexibility index (Phi) is 5.11. The van der Waals surface area contributed by atoms with Crippen molar-refractivity contribution in [3.8, 4) is 0 Å². The lowest BCUT2D eigenvalue weighted by molar-refractivity contribution is -0.137. The van der Waals surface area contributed by atoms with Crippen LogP contribution in [0.15, 0.2) is 66.7 Å². The van der Waals surface area contributed by atoms with Crippen LogP contribution < -0.4 is 11.1 Å². The van der Waals surface area contributed by atoms with Gasteiger partial charge in [0.15, 0.2) is 0 Å². The average molecular weight is 411 g/mol. The van der Waals surface area contributed by atoms with Crippen molar-refractivity contribution >= 4 is 23.0 Å². The van der Waals surface area contributed by atoms with Crippen LogP contribution in [0.4, 0.5) is 30.2 Å². The zero-order valence-electron chi connectivity index (χ0n) is 16.0. The Bertz CT molecular complexity index is 1060. The first-order valence-electron chi connectivity index (χ1n) is 9.50. The number of rotatable bonds is 3. The quantitative estimate of drug-likeness (QED) is 0.581. The average Bonchev–Trinajstić information content (AvgIpc) is 2.73. The molecule has 1 amide bonds. The molecule has 1 aliphatic rings. The van der Waals surface area contributed by atoms with E-state index in [0.717, 1.165) is 28.9 Å². The van der Waals surface area contributed by atoms with Gasteiger partial charge in [0.1, 0.15) is 0 Å². The molecule has 0 spiro atoms. The van der Waals surface area contributed by atoms with Crippen LogP contribution in [0.2, 0.25) is 0 Å². The van der Waals surface area contributed by atoms with Gasteiger partial charge in [-0.25, -0.2) is 0 Å². The van der Waals surface area contributed by atoms with Crippen LogP contribution in [0.5, 0.6) is 0 Å². The zero-order valence-corrected chi connectivity index (χ0v) is 16.0. The summed E-state index contributed by atoms with van der Waals surface area (Å²) in [6.45, 7) is 1.11. The predicted octanol–water partition coefficient (Wildman–Crippen LogP) is 5.23. The summed E-state index contributed by atoms with van der Waals surface area (Å²) in [7, 11) is 0. The Morgan fingerprint density at radius 2 is 1.57 bits per heavy atom. The number of benzene rings is 3. The number of halogens is 3. The van der Waals surface area contributed by atoms with Gasteiger partial charge in [0.05, 0.1) is 5.56 Å². The van der Waals surface area contributed by atoms with Gasteiger partial charge in [0, 0.05) is 35.7 Å². The van der Waals surface area contributed by atoms with Crippen LogP contribution in [0.3, 0.4) is 0 Å². The topological polar surface area (TPSA) is 58.4 Å². The van der Waals surface area contributed by atoms with Crippen LogP contribution >= 0.6 is 0 Å². The molecule has 0 aromatic heterocycles. The first-order chi connectivity index (χ1) is 14.3. The number of carbonyl (C=O) groups excluding carboxylic acids is 1. The van der Waals surface area contributed by atoms with E-state index >= 15 is 0 Å². The van der Waals surface area contributed by atoms with Gasteiger partial charge in [0.2, 0.25) is 0 Å². The molecular weight excluding hydrogens is 391 g/mol. The summed E-state index contributed by atoms with van der Waals surface area (Å²) in [5.74, 6) is -0.0346. The van der Waals surface area contributed by atoms with Gasteiger partial charge in [-0.15, -0.1) is 0 Å². The van der Waals surface area contributed by atoms with Gasteiger partial charge in [-0.05, 0) is 78.2 Å². The highest BCUT2D eigenvalue weighted by Gasteiger charge is 2.30. The molecule has 3 aromatic rings. The third-order valence-electron chi connectivity index (χ3n) is 5.16.